The van der Waals surface area contributed by atoms with Gasteiger partial charge in [-0.15, -0.1) is 0 Å². The fourth-order valence-corrected chi connectivity index (χ4v) is 4.49. The van der Waals surface area contributed by atoms with Crippen molar-refractivity contribution in [3.8, 4) is 0 Å². The molecule has 1 aromatic carbocycles. The van der Waals surface area contributed by atoms with E-state index in [2.05, 4.69) is 6.92 Å². The van der Waals surface area contributed by atoms with Gasteiger partial charge in [0.1, 0.15) is 5.82 Å². The van der Waals surface area contributed by atoms with Gasteiger partial charge in [0.15, 0.2) is 0 Å². The first kappa shape index (κ1) is 20.8. The summed E-state index contributed by atoms with van der Waals surface area (Å²) in [6.07, 6.45) is 7.50. The Hall–Kier alpha value is -1.88. The minimum Gasteiger partial charge on any atom is -0.333 e. The van der Waals surface area contributed by atoms with Gasteiger partial charge in [-0.2, -0.15) is 0 Å². The van der Waals surface area contributed by atoms with Gasteiger partial charge in [0, 0.05) is 25.0 Å². The van der Waals surface area contributed by atoms with Crippen molar-refractivity contribution in [3.63, 3.8) is 0 Å². The molecule has 0 saturated heterocycles. The van der Waals surface area contributed by atoms with Crippen LogP contribution in [0.3, 0.4) is 0 Å². The fourth-order valence-electron chi connectivity index (χ4n) is 4.32. The third-order valence-electron chi connectivity index (χ3n) is 5.94. The van der Waals surface area contributed by atoms with E-state index in [1.807, 2.05) is 11.8 Å². The topological polar surface area (TPSA) is 55.2 Å². The largest absolute Gasteiger partial charge is 0.333 e. The summed E-state index contributed by atoms with van der Waals surface area (Å²) >= 11 is 6.04. The molecular weight excluding hydrogens is 374 g/mol. The third kappa shape index (κ3) is 4.40. The van der Waals surface area contributed by atoms with Gasteiger partial charge in [-0.05, 0) is 43.9 Å². The number of fused-ring (bicyclic) bond motifs is 1. The highest BCUT2D eigenvalue weighted by molar-refractivity contribution is 6.31. The number of aromatic nitrogens is 2. The molecule has 6 heteroatoms. The molecule has 0 N–H and O–H groups in total. The lowest BCUT2D eigenvalue weighted by Crippen LogP contribution is -2.37. The molecule has 0 spiro atoms. The maximum atomic E-state index is 13.0. The number of carbonyl (C=O) groups excluding carboxylic acids is 1. The third-order valence-corrected chi connectivity index (χ3v) is 6.17. The van der Waals surface area contributed by atoms with Gasteiger partial charge >= 0.3 is 0 Å². The minimum absolute atomic E-state index is 0.135. The first-order valence-electron chi connectivity index (χ1n) is 10.4. The number of benzene rings is 1. The van der Waals surface area contributed by atoms with Gasteiger partial charge in [0.05, 0.1) is 16.9 Å². The van der Waals surface area contributed by atoms with E-state index < -0.39 is 0 Å². The van der Waals surface area contributed by atoms with Crippen LogP contribution in [-0.2, 0) is 11.8 Å². The van der Waals surface area contributed by atoms with Gasteiger partial charge < -0.3 is 4.90 Å². The van der Waals surface area contributed by atoms with E-state index in [1.165, 1.54) is 25.7 Å². The van der Waals surface area contributed by atoms with Crippen molar-refractivity contribution in [2.24, 2.45) is 13.0 Å². The maximum absolute atomic E-state index is 13.0. The van der Waals surface area contributed by atoms with E-state index in [0.717, 1.165) is 12.8 Å². The average molecular weight is 404 g/mol. The van der Waals surface area contributed by atoms with Crippen LogP contribution in [0.25, 0.3) is 10.9 Å². The van der Waals surface area contributed by atoms with Crippen LogP contribution in [0.15, 0.2) is 23.0 Å². The quantitative estimate of drug-likeness (QED) is 0.663. The minimum atomic E-state index is -0.256. The van der Waals surface area contributed by atoms with E-state index in [1.54, 1.807) is 29.8 Å². The molecule has 1 saturated carbocycles. The van der Waals surface area contributed by atoms with Crippen LogP contribution in [0, 0.1) is 5.92 Å². The number of nitrogens with zero attached hydrogens (tertiary/aromatic N) is 3. The van der Waals surface area contributed by atoms with E-state index in [0.29, 0.717) is 40.6 Å². The van der Waals surface area contributed by atoms with Crippen LogP contribution in [0.2, 0.25) is 5.02 Å². The number of carbonyl (C=O) groups is 1. The van der Waals surface area contributed by atoms with Gasteiger partial charge in [-0.1, -0.05) is 44.2 Å². The monoisotopic (exact) mass is 403 g/mol. The van der Waals surface area contributed by atoms with Crippen molar-refractivity contribution in [1.82, 2.24) is 14.5 Å². The molecule has 1 amide bonds. The Balaban J connectivity index is 1.86. The van der Waals surface area contributed by atoms with Crippen molar-refractivity contribution < 1.29 is 4.79 Å². The average Bonchev–Trinajstić information content (AvgIpc) is 3.20. The number of hydrogen-bond acceptors (Lipinski definition) is 3. The van der Waals surface area contributed by atoms with Crippen LogP contribution >= 0.6 is 11.6 Å². The summed E-state index contributed by atoms with van der Waals surface area (Å²) < 4.78 is 1.55. The molecule has 1 aromatic heterocycles. The number of amides is 1. The highest BCUT2D eigenvalue weighted by Gasteiger charge is 2.26. The van der Waals surface area contributed by atoms with Crippen molar-refractivity contribution in [2.45, 2.75) is 64.8 Å². The molecular formula is C22H30ClN3O2. The van der Waals surface area contributed by atoms with Crippen LogP contribution in [0.1, 0.15) is 70.7 Å². The second kappa shape index (κ2) is 9.08. The SMILES string of the molecule is CCCN(C(=O)CCC1CCCC1)C(C)c1nc2ccc(Cl)cc2c(=O)n1C. The smallest absolute Gasteiger partial charge is 0.261 e. The van der Waals surface area contributed by atoms with Gasteiger partial charge in [0.2, 0.25) is 5.91 Å². The highest BCUT2D eigenvalue weighted by atomic mass is 35.5. The van der Waals surface area contributed by atoms with Crippen molar-refractivity contribution in [1.29, 1.82) is 0 Å². The molecule has 28 heavy (non-hydrogen) atoms. The van der Waals surface area contributed by atoms with Gasteiger partial charge in [-0.3, -0.25) is 14.2 Å². The van der Waals surface area contributed by atoms with Crippen LogP contribution in [0.5, 0.6) is 0 Å². The molecule has 3 rings (SSSR count). The van der Waals surface area contributed by atoms with Crippen molar-refractivity contribution in [2.75, 3.05) is 6.54 Å². The van der Waals surface area contributed by atoms with E-state index in [9.17, 15) is 9.59 Å². The second-order valence-electron chi connectivity index (χ2n) is 7.95. The Morgan fingerprint density at radius 1 is 1.36 bits per heavy atom. The predicted molar refractivity (Wildman–Crippen MR) is 114 cm³/mol. The molecule has 0 radical (unpaired) electrons. The molecule has 0 aliphatic heterocycles. The molecule has 1 atom stereocenters. The zero-order valence-corrected chi connectivity index (χ0v) is 17.8. The lowest BCUT2D eigenvalue weighted by molar-refractivity contribution is -0.134. The summed E-state index contributed by atoms with van der Waals surface area (Å²) in [5.41, 5.74) is 0.480. The molecule has 2 aromatic rings. The lowest BCUT2D eigenvalue weighted by atomic mass is 10.0. The van der Waals surface area contributed by atoms with Gasteiger partial charge in [0.25, 0.3) is 5.56 Å². The van der Waals surface area contributed by atoms with Gasteiger partial charge in [-0.25, -0.2) is 4.98 Å². The first-order valence-corrected chi connectivity index (χ1v) is 10.8. The molecule has 1 aliphatic carbocycles. The molecule has 5 nitrogen and oxygen atoms in total. The first-order chi connectivity index (χ1) is 13.4. The van der Waals surface area contributed by atoms with Crippen LogP contribution in [-0.4, -0.2) is 26.9 Å². The Morgan fingerprint density at radius 3 is 2.75 bits per heavy atom. The van der Waals surface area contributed by atoms with Crippen molar-refractivity contribution in [3.05, 3.63) is 39.4 Å². The zero-order chi connectivity index (χ0) is 20.3. The van der Waals surface area contributed by atoms with Crippen LogP contribution in [0.4, 0.5) is 0 Å². The number of hydrogen-bond donors (Lipinski definition) is 0. The van der Waals surface area contributed by atoms with E-state index in [4.69, 9.17) is 16.6 Å². The molecule has 1 heterocycles. The standard InChI is InChI=1S/C22H30ClN3O2/c1-4-13-26(20(27)12-9-16-7-5-6-8-16)15(2)21-24-19-11-10-17(23)14-18(19)22(28)25(21)3/h10-11,14-16H,4-9,12-13H2,1-3H3. The Labute approximate surface area is 171 Å². The summed E-state index contributed by atoms with van der Waals surface area (Å²) in [5.74, 6) is 1.46. The number of rotatable bonds is 7. The van der Waals surface area contributed by atoms with E-state index >= 15 is 0 Å². The zero-order valence-electron chi connectivity index (χ0n) is 17.1. The summed E-state index contributed by atoms with van der Waals surface area (Å²) in [4.78, 5) is 32.4. The second-order valence-corrected chi connectivity index (χ2v) is 8.38. The summed E-state index contributed by atoms with van der Waals surface area (Å²) in [5, 5.41) is 1.02. The molecule has 1 unspecified atom stereocenters. The Morgan fingerprint density at radius 2 is 2.07 bits per heavy atom. The number of halogens is 1. The normalized spacial score (nSPS) is 15.9. The summed E-state index contributed by atoms with van der Waals surface area (Å²) in [7, 11) is 1.72. The molecule has 152 valence electrons. The lowest BCUT2D eigenvalue weighted by Gasteiger charge is -2.30. The predicted octanol–water partition coefficient (Wildman–Crippen LogP) is 4.86. The summed E-state index contributed by atoms with van der Waals surface area (Å²) in [6, 6.07) is 4.90. The molecule has 1 fully saturated rings. The molecule has 0 bridgehead atoms. The van der Waals surface area contributed by atoms with Crippen LogP contribution < -0.4 is 5.56 Å². The van der Waals surface area contributed by atoms with E-state index in [-0.39, 0.29) is 17.5 Å². The Kier molecular flexibility index (Phi) is 6.76. The van der Waals surface area contributed by atoms with Crippen molar-refractivity contribution >= 4 is 28.4 Å². The highest BCUT2D eigenvalue weighted by Crippen LogP contribution is 2.29. The Bertz CT molecular complexity index is 903. The maximum Gasteiger partial charge on any atom is 0.261 e. The molecule has 1 aliphatic rings. The summed E-state index contributed by atoms with van der Waals surface area (Å²) in [6.45, 7) is 4.70. The fraction of sp³-hybridized carbons (Fsp3) is 0.591.